The number of nitrogens with one attached hydrogen (secondary N) is 1. The lowest BCUT2D eigenvalue weighted by molar-refractivity contribution is 0.105. The first-order valence-corrected chi connectivity index (χ1v) is 8.52. The van der Waals surface area contributed by atoms with Crippen molar-refractivity contribution in [3.8, 4) is 0 Å². The van der Waals surface area contributed by atoms with Gasteiger partial charge in [-0.2, -0.15) is 5.10 Å². The van der Waals surface area contributed by atoms with Crippen LogP contribution in [-0.4, -0.2) is 36.0 Å². The first kappa shape index (κ1) is 16.4. The maximum Gasteiger partial charge on any atom is 0.210 e. The highest BCUT2D eigenvalue weighted by Gasteiger charge is 2.19. The summed E-state index contributed by atoms with van der Waals surface area (Å²) in [6, 6.07) is 19.1. The molecule has 0 radical (unpaired) electrons. The number of para-hydroxylation sites is 1. The molecule has 124 valence electrons. The Labute approximate surface area is 143 Å². The van der Waals surface area contributed by atoms with Crippen LogP contribution in [0.1, 0.15) is 29.6 Å². The smallest absolute Gasteiger partial charge is 0.210 e. The van der Waals surface area contributed by atoms with E-state index in [1.165, 1.54) is 19.3 Å². The summed E-state index contributed by atoms with van der Waals surface area (Å²) in [5.74, 6) is -0.00963. The highest BCUT2D eigenvalue weighted by atomic mass is 16.1. The van der Waals surface area contributed by atoms with Gasteiger partial charge in [-0.05, 0) is 38.1 Å². The average Bonchev–Trinajstić information content (AvgIpc) is 2.67. The van der Waals surface area contributed by atoms with E-state index >= 15 is 0 Å². The zero-order chi connectivity index (χ0) is 16.6. The Morgan fingerprint density at radius 1 is 0.917 bits per heavy atom. The standard InChI is InChI=1S/C20H23N3O/c24-20(17-10-4-1-5-11-17)19(16-23-14-8-3-9-15-23)22-21-18-12-6-2-7-13-18/h1-2,4-7,10-13,21H,3,8-9,14-16H2/b22-19-. The number of piperidine rings is 1. The Kier molecular flexibility index (Phi) is 5.75. The number of benzene rings is 2. The normalized spacial score (nSPS) is 15.9. The monoisotopic (exact) mass is 321 g/mol. The topological polar surface area (TPSA) is 44.7 Å². The summed E-state index contributed by atoms with van der Waals surface area (Å²) in [5.41, 5.74) is 5.15. The number of ketones is 1. The lowest BCUT2D eigenvalue weighted by Crippen LogP contribution is -2.37. The number of anilines is 1. The minimum atomic E-state index is -0.00963. The van der Waals surface area contributed by atoms with Crippen LogP contribution in [-0.2, 0) is 0 Å². The van der Waals surface area contributed by atoms with Gasteiger partial charge >= 0.3 is 0 Å². The Balaban J connectivity index is 1.78. The molecule has 24 heavy (non-hydrogen) atoms. The lowest BCUT2D eigenvalue weighted by atomic mass is 10.1. The molecule has 0 spiro atoms. The van der Waals surface area contributed by atoms with Crippen LogP contribution in [0.2, 0.25) is 0 Å². The van der Waals surface area contributed by atoms with Crippen molar-refractivity contribution in [1.82, 2.24) is 4.90 Å². The molecule has 1 heterocycles. The summed E-state index contributed by atoms with van der Waals surface area (Å²) in [7, 11) is 0. The third-order valence-electron chi connectivity index (χ3n) is 4.21. The van der Waals surface area contributed by atoms with E-state index < -0.39 is 0 Å². The van der Waals surface area contributed by atoms with Gasteiger partial charge in [0, 0.05) is 12.1 Å². The van der Waals surface area contributed by atoms with E-state index in [0.29, 0.717) is 17.8 Å². The van der Waals surface area contributed by atoms with Gasteiger partial charge in [-0.25, -0.2) is 0 Å². The van der Waals surface area contributed by atoms with Crippen molar-refractivity contribution in [2.24, 2.45) is 5.10 Å². The Morgan fingerprint density at radius 2 is 1.54 bits per heavy atom. The van der Waals surface area contributed by atoms with Gasteiger partial charge in [-0.15, -0.1) is 0 Å². The van der Waals surface area contributed by atoms with Crippen LogP contribution in [0.15, 0.2) is 65.8 Å². The molecule has 0 atom stereocenters. The molecule has 1 N–H and O–H groups in total. The highest BCUT2D eigenvalue weighted by molar-refractivity contribution is 6.46. The van der Waals surface area contributed by atoms with E-state index in [4.69, 9.17) is 0 Å². The molecule has 2 aromatic rings. The van der Waals surface area contributed by atoms with Crippen LogP contribution in [0.3, 0.4) is 0 Å². The van der Waals surface area contributed by atoms with Gasteiger partial charge in [0.2, 0.25) is 5.78 Å². The fourth-order valence-electron chi connectivity index (χ4n) is 2.89. The zero-order valence-electron chi connectivity index (χ0n) is 13.8. The second-order valence-electron chi connectivity index (χ2n) is 6.07. The number of carbonyl (C=O) groups excluding carboxylic acids is 1. The molecule has 0 saturated carbocycles. The summed E-state index contributed by atoms with van der Waals surface area (Å²) in [6.45, 7) is 2.66. The second kappa shape index (κ2) is 8.41. The van der Waals surface area contributed by atoms with E-state index in [-0.39, 0.29) is 5.78 Å². The SMILES string of the molecule is O=C(/C(CN1CCCCC1)=N\Nc1ccccc1)c1ccccc1. The summed E-state index contributed by atoms with van der Waals surface area (Å²) in [5, 5.41) is 4.44. The van der Waals surface area contributed by atoms with Crippen LogP contribution in [0.25, 0.3) is 0 Å². The first-order valence-electron chi connectivity index (χ1n) is 8.52. The molecule has 3 rings (SSSR count). The maximum absolute atomic E-state index is 12.8. The van der Waals surface area contributed by atoms with Gasteiger partial charge in [0.15, 0.2) is 0 Å². The Bertz CT molecular complexity index is 677. The number of hydrogen-bond acceptors (Lipinski definition) is 4. The fraction of sp³-hybridized carbons (Fsp3) is 0.300. The molecular weight excluding hydrogens is 298 g/mol. The van der Waals surface area contributed by atoms with Crippen LogP contribution in [0.5, 0.6) is 0 Å². The third-order valence-corrected chi connectivity index (χ3v) is 4.21. The number of Topliss-reactive ketones (excluding diaryl/α,β-unsaturated/α-hetero) is 1. The minimum absolute atomic E-state index is 0.00963. The van der Waals surface area contributed by atoms with Gasteiger partial charge in [-0.3, -0.25) is 15.1 Å². The van der Waals surface area contributed by atoms with Crippen LogP contribution < -0.4 is 5.43 Å². The predicted molar refractivity (Wildman–Crippen MR) is 98.6 cm³/mol. The number of carbonyl (C=O) groups is 1. The van der Waals surface area contributed by atoms with Gasteiger partial charge in [0.25, 0.3) is 0 Å². The molecular formula is C20H23N3O. The second-order valence-corrected chi connectivity index (χ2v) is 6.07. The molecule has 0 bridgehead atoms. The number of hydrazone groups is 1. The molecule has 4 heteroatoms. The highest BCUT2D eigenvalue weighted by Crippen LogP contribution is 2.11. The van der Waals surface area contributed by atoms with Crippen molar-refractivity contribution in [3.63, 3.8) is 0 Å². The summed E-state index contributed by atoms with van der Waals surface area (Å²) >= 11 is 0. The van der Waals surface area contributed by atoms with Crippen molar-refractivity contribution >= 4 is 17.2 Å². The van der Waals surface area contributed by atoms with E-state index in [1.54, 1.807) is 0 Å². The Hall–Kier alpha value is -2.46. The van der Waals surface area contributed by atoms with Crippen LogP contribution in [0, 0.1) is 0 Å². The van der Waals surface area contributed by atoms with Gasteiger partial charge in [0.1, 0.15) is 5.71 Å². The zero-order valence-corrected chi connectivity index (χ0v) is 13.8. The molecule has 1 aliphatic rings. The Morgan fingerprint density at radius 3 is 2.21 bits per heavy atom. The van der Waals surface area contributed by atoms with Crippen LogP contribution >= 0.6 is 0 Å². The lowest BCUT2D eigenvalue weighted by Gasteiger charge is -2.26. The average molecular weight is 321 g/mol. The number of hydrogen-bond donors (Lipinski definition) is 1. The van der Waals surface area contributed by atoms with Gasteiger partial charge in [-0.1, -0.05) is 55.0 Å². The predicted octanol–water partition coefficient (Wildman–Crippen LogP) is 3.82. The quantitative estimate of drug-likeness (QED) is 0.500. The molecule has 0 aliphatic carbocycles. The molecule has 2 aromatic carbocycles. The van der Waals surface area contributed by atoms with E-state index in [0.717, 1.165) is 18.8 Å². The van der Waals surface area contributed by atoms with Crippen molar-refractivity contribution in [2.75, 3.05) is 25.1 Å². The molecule has 0 aromatic heterocycles. The largest absolute Gasteiger partial charge is 0.297 e. The minimum Gasteiger partial charge on any atom is -0.297 e. The van der Waals surface area contributed by atoms with E-state index in [1.807, 2.05) is 60.7 Å². The number of nitrogens with zero attached hydrogens (tertiary/aromatic N) is 2. The molecule has 1 aliphatic heterocycles. The summed E-state index contributed by atoms with van der Waals surface area (Å²) < 4.78 is 0. The van der Waals surface area contributed by atoms with Crippen molar-refractivity contribution in [3.05, 3.63) is 66.2 Å². The summed E-state index contributed by atoms with van der Waals surface area (Å²) in [4.78, 5) is 15.2. The molecule has 1 fully saturated rings. The van der Waals surface area contributed by atoms with E-state index in [9.17, 15) is 4.79 Å². The molecule has 4 nitrogen and oxygen atoms in total. The maximum atomic E-state index is 12.8. The molecule has 1 saturated heterocycles. The van der Waals surface area contributed by atoms with Crippen LogP contribution in [0.4, 0.5) is 5.69 Å². The van der Waals surface area contributed by atoms with Crippen molar-refractivity contribution in [2.45, 2.75) is 19.3 Å². The van der Waals surface area contributed by atoms with Crippen molar-refractivity contribution < 1.29 is 4.79 Å². The van der Waals surface area contributed by atoms with Crippen molar-refractivity contribution in [1.29, 1.82) is 0 Å². The van der Waals surface area contributed by atoms with E-state index in [2.05, 4.69) is 15.4 Å². The number of likely N-dealkylation sites (tertiary alicyclic amines) is 1. The first-order chi connectivity index (χ1) is 11.8. The van der Waals surface area contributed by atoms with Gasteiger partial charge in [0.05, 0.1) is 5.69 Å². The van der Waals surface area contributed by atoms with Gasteiger partial charge < -0.3 is 0 Å². The molecule has 0 unspecified atom stereocenters. The number of rotatable bonds is 6. The third kappa shape index (κ3) is 4.52. The molecule has 0 amide bonds. The summed E-state index contributed by atoms with van der Waals surface area (Å²) in [6.07, 6.45) is 3.66. The fourth-order valence-corrected chi connectivity index (χ4v) is 2.89.